The van der Waals surface area contributed by atoms with Crippen molar-refractivity contribution in [1.29, 1.82) is 0 Å². The van der Waals surface area contributed by atoms with Crippen LogP contribution in [0.15, 0.2) is 18.3 Å². The number of hydrogen-bond donors (Lipinski definition) is 2. The van der Waals surface area contributed by atoms with Gasteiger partial charge in [0.1, 0.15) is 5.82 Å². The lowest BCUT2D eigenvalue weighted by molar-refractivity contribution is 0.117. The maximum absolute atomic E-state index is 12.5. The summed E-state index contributed by atoms with van der Waals surface area (Å²) in [6.45, 7) is 2.19. The van der Waals surface area contributed by atoms with Gasteiger partial charge in [-0.15, -0.1) is 0 Å². The molecule has 0 fully saturated rings. The molecule has 0 aliphatic heterocycles. The van der Waals surface area contributed by atoms with Crippen LogP contribution >= 0.6 is 0 Å². The topological polar surface area (TPSA) is 59.1 Å². The molecule has 3 nitrogen and oxygen atoms in total. The number of aliphatic hydroxyl groups is 1. The molecule has 0 aliphatic rings. The van der Waals surface area contributed by atoms with E-state index in [1.807, 2.05) is 6.92 Å². The molecule has 1 aromatic rings. The van der Waals surface area contributed by atoms with Crippen LogP contribution < -0.4 is 5.73 Å². The second kappa shape index (κ2) is 4.30. The fourth-order valence-electron chi connectivity index (χ4n) is 0.983. The van der Waals surface area contributed by atoms with Gasteiger partial charge in [0.2, 0.25) is 0 Å². The average molecular weight is 184 g/mol. The van der Waals surface area contributed by atoms with Gasteiger partial charge in [-0.05, 0) is 24.6 Å². The van der Waals surface area contributed by atoms with Gasteiger partial charge in [0, 0.05) is 0 Å². The molecule has 13 heavy (non-hydrogen) atoms. The van der Waals surface area contributed by atoms with Gasteiger partial charge in [-0.2, -0.15) is 0 Å². The highest BCUT2D eigenvalue weighted by molar-refractivity contribution is 5.08. The lowest BCUT2D eigenvalue weighted by atomic mass is 10.0. The summed E-state index contributed by atoms with van der Waals surface area (Å²) in [6, 6.07) is 2.74. The summed E-state index contributed by atoms with van der Waals surface area (Å²) >= 11 is 0. The molecule has 0 saturated heterocycles. The van der Waals surface area contributed by atoms with E-state index in [-0.39, 0.29) is 5.92 Å². The monoisotopic (exact) mass is 184 g/mol. The van der Waals surface area contributed by atoms with E-state index in [0.29, 0.717) is 12.2 Å². The zero-order valence-electron chi connectivity index (χ0n) is 7.44. The molecule has 2 unspecified atom stereocenters. The average Bonchev–Trinajstić information content (AvgIpc) is 2.17. The zero-order valence-corrected chi connectivity index (χ0v) is 7.44. The van der Waals surface area contributed by atoms with Crippen LogP contribution in [-0.4, -0.2) is 16.6 Å². The minimum absolute atomic E-state index is 0.0713. The molecule has 1 heterocycles. The van der Waals surface area contributed by atoms with E-state index in [4.69, 9.17) is 5.73 Å². The van der Waals surface area contributed by atoms with E-state index >= 15 is 0 Å². The first-order valence-electron chi connectivity index (χ1n) is 4.14. The molecule has 1 aromatic heterocycles. The summed E-state index contributed by atoms with van der Waals surface area (Å²) in [4.78, 5) is 3.77. The Balaban J connectivity index is 2.77. The molecule has 0 aromatic carbocycles. The third-order valence-corrected chi connectivity index (χ3v) is 1.96. The standard InChI is InChI=1S/C9H13FN2O/c1-6(4-11)9(13)8-3-2-7(10)5-12-8/h2-3,5-6,9,13H,4,11H2,1H3. The van der Waals surface area contributed by atoms with Gasteiger partial charge in [0.25, 0.3) is 0 Å². The van der Waals surface area contributed by atoms with Crippen molar-refractivity contribution in [2.45, 2.75) is 13.0 Å². The van der Waals surface area contributed by atoms with Crippen LogP contribution in [-0.2, 0) is 0 Å². The molecule has 0 amide bonds. The van der Waals surface area contributed by atoms with Crippen LogP contribution in [0.4, 0.5) is 4.39 Å². The molecule has 0 aliphatic carbocycles. The number of pyridine rings is 1. The third kappa shape index (κ3) is 2.47. The van der Waals surface area contributed by atoms with Crippen LogP contribution in [0, 0.1) is 11.7 Å². The fourth-order valence-corrected chi connectivity index (χ4v) is 0.983. The first kappa shape index (κ1) is 10.1. The quantitative estimate of drug-likeness (QED) is 0.732. The van der Waals surface area contributed by atoms with Crippen molar-refractivity contribution >= 4 is 0 Å². The van der Waals surface area contributed by atoms with Crippen LogP contribution in [0.3, 0.4) is 0 Å². The molecule has 0 radical (unpaired) electrons. The van der Waals surface area contributed by atoms with Crippen LogP contribution in [0.1, 0.15) is 18.7 Å². The molecule has 0 bridgehead atoms. The number of rotatable bonds is 3. The van der Waals surface area contributed by atoms with Crippen LogP contribution in [0.5, 0.6) is 0 Å². The van der Waals surface area contributed by atoms with Gasteiger partial charge in [-0.1, -0.05) is 6.92 Å². The Hall–Kier alpha value is -1.00. The van der Waals surface area contributed by atoms with Gasteiger partial charge >= 0.3 is 0 Å². The minimum Gasteiger partial charge on any atom is -0.386 e. The first-order chi connectivity index (χ1) is 6.15. The molecule has 1 rings (SSSR count). The SMILES string of the molecule is CC(CN)C(O)c1ccc(F)cn1. The highest BCUT2D eigenvalue weighted by Crippen LogP contribution is 2.18. The first-order valence-corrected chi connectivity index (χ1v) is 4.14. The Morgan fingerprint density at radius 3 is 2.77 bits per heavy atom. The maximum atomic E-state index is 12.5. The van der Waals surface area contributed by atoms with Crippen molar-refractivity contribution in [2.24, 2.45) is 11.7 Å². The Kier molecular flexibility index (Phi) is 3.33. The lowest BCUT2D eigenvalue weighted by Gasteiger charge is -2.15. The number of halogens is 1. The summed E-state index contributed by atoms with van der Waals surface area (Å²) in [5.41, 5.74) is 5.84. The van der Waals surface area contributed by atoms with E-state index in [9.17, 15) is 9.50 Å². The molecule has 2 atom stereocenters. The van der Waals surface area contributed by atoms with Crippen molar-refractivity contribution in [1.82, 2.24) is 4.98 Å². The second-order valence-corrected chi connectivity index (χ2v) is 3.06. The van der Waals surface area contributed by atoms with Gasteiger partial charge in [-0.3, -0.25) is 4.98 Å². The molecule has 0 spiro atoms. The molecule has 0 saturated carbocycles. The van der Waals surface area contributed by atoms with E-state index in [2.05, 4.69) is 4.98 Å². The molecular weight excluding hydrogens is 171 g/mol. The van der Waals surface area contributed by atoms with E-state index < -0.39 is 11.9 Å². The third-order valence-electron chi connectivity index (χ3n) is 1.96. The Labute approximate surface area is 76.4 Å². The van der Waals surface area contributed by atoms with Gasteiger partial charge in [0.05, 0.1) is 18.0 Å². The highest BCUT2D eigenvalue weighted by Gasteiger charge is 2.15. The van der Waals surface area contributed by atoms with Gasteiger partial charge in [-0.25, -0.2) is 4.39 Å². The number of nitrogens with two attached hydrogens (primary N) is 1. The molecule has 4 heteroatoms. The lowest BCUT2D eigenvalue weighted by Crippen LogP contribution is -2.19. The molecular formula is C9H13FN2O. The normalized spacial score (nSPS) is 15.4. The summed E-state index contributed by atoms with van der Waals surface area (Å²) in [6.07, 6.45) is 0.368. The second-order valence-electron chi connectivity index (χ2n) is 3.06. The molecule has 72 valence electrons. The van der Waals surface area contributed by atoms with Crippen LogP contribution in [0.25, 0.3) is 0 Å². The van der Waals surface area contributed by atoms with E-state index in [1.54, 1.807) is 0 Å². The Bertz CT molecular complexity index is 263. The largest absolute Gasteiger partial charge is 0.386 e. The van der Waals surface area contributed by atoms with E-state index in [0.717, 1.165) is 6.20 Å². The Morgan fingerprint density at radius 2 is 2.31 bits per heavy atom. The van der Waals surface area contributed by atoms with Crippen molar-refractivity contribution in [3.63, 3.8) is 0 Å². The Morgan fingerprint density at radius 1 is 1.62 bits per heavy atom. The number of aromatic nitrogens is 1. The number of nitrogens with zero attached hydrogens (tertiary/aromatic N) is 1. The smallest absolute Gasteiger partial charge is 0.141 e. The zero-order chi connectivity index (χ0) is 9.84. The summed E-state index contributed by atoms with van der Waals surface area (Å²) < 4.78 is 12.5. The molecule has 3 N–H and O–H groups in total. The fraction of sp³-hybridized carbons (Fsp3) is 0.444. The van der Waals surface area contributed by atoms with Crippen molar-refractivity contribution in [3.05, 3.63) is 29.8 Å². The van der Waals surface area contributed by atoms with Crippen molar-refractivity contribution in [2.75, 3.05) is 6.54 Å². The number of aliphatic hydroxyl groups excluding tert-OH is 1. The van der Waals surface area contributed by atoms with Crippen molar-refractivity contribution < 1.29 is 9.50 Å². The summed E-state index contributed by atoms with van der Waals surface area (Å²) in [7, 11) is 0. The maximum Gasteiger partial charge on any atom is 0.141 e. The van der Waals surface area contributed by atoms with Crippen molar-refractivity contribution in [3.8, 4) is 0 Å². The van der Waals surface area contributed by atoms with Crippen LogP contribution in [0.2, 0.25) is 0 Å². The minimum atomic E-state index is -0.717. The summed E-state index contributed by atoms with van der Waals surface area (Å²) in [5.74, 6) is -0.477. The van der Waals surface area contributed by atoms with Gasteiger partial charge < -0.3 is 10.8 Å². The van der Waals surface area contributed by atoms with Gasteiger partial charge in [0.15, 0.2) is 0 Å². The van der Waals surface area contributed by atoms with E-state index in [1.165, 1.54) is 12.1 Å². The predicted octanol–water partition coefficient (Wildman–Crippen LogP) is 0.849. The predicted molar refractivity (Wildman–Crippen MR) is 47.4 cm³/mol. The number of hydrogen-bond acceptors (Lipinski definition) is 3. The summed E-state index contributed by atoms with van der Waals surface area (Å²) in [5, 5.41) is 9.61. The highest BCUT2D eigenvalue weighted by atomic mass is 19.1.